The number of nitrogens with zero attached hydrogens (tertiary/aromatic N) is 1. The number of hydrogen-bond acceptors (Lipinski definition) is 4. The number of carbonyl (C=O) groups excluding carboxylic acids is 2. The molecule has 0 saturated carbocycles. The highest BCUT2D eigenvalue weighted by Crippen LogP contribution is 2.20. The molecular weight excluding hydrogens is 380 g/mol. The van der Waals surface area contributed by atoms with Gasteiger partial charge in [-0.1, -0.05) is 26.0 Å². The third-order valence-electron chi connectivity index (χ3n) is 3.95. The van der Waals surface area contributed by atoms with E-state index in [1.807, 2.05) is 20.8 Å². The van der Waals surface area contributed by atoms with E-state index >= 15 is 0 Å². The molecule has 1 fully saturated rings. The van der Waals surface area contributed by atoms with Gasteiger partial charge in [-0.3, -0.25) is 14.6 Å². The molecule has 2 aromatic rings. The summed E-state index contributed by atoms with van der Waals surface area (Å²) in [5.41, 5.74) is 6.07. The topological polar surface area (TPSA) is 94.3 Å². The summed E-state index contributed by atoms with van der Waals surface area (Å²) in [7, 11) is 0. The Hall–Kier alpha value is -2.87. The predicted molar refractivity (Wildman–Crippen MR) is 107 cm³/mol. The Balaban J connectivity index is 0.000000321. The lowest BCUT2D eigenvalue weighted by atomic mass is 10.2. The van der Waals surface area contributed by atoms with Gasteiger partial charge in [-0.05, 0) is 50.5 Å². The molecule has 1 aliphatic heterocycles. The first-order valence-corrected chi connectivity index (χ1v) is 9.40. The van der Waals surface area contributed by atoms with Crippen molar-refractivity contribution in [2.45, 2.75) is 52.7 Å². The number of hydrogen-bond donors (Lipinski definition) is 2. The summed E-state index contributed by atoms with van der Waals surface area (Å²) in [6.07, 6.45) is 2.69. The summed E-state index contributed by atoms with van der Waals surface area (Å²) in [5, 5.41) is 2.69. The molecule has 2 amide bonds. The van der Waals surface area contributed by atoms with Crippen molar-refractivity contribution >= 4 is 17.5 Å². The Labute approximate surface area is 169 Å². The van der Waals surface area contributed by atoms with Gasteiger partial charge in [-0.25, -0.2) is 8.78 Å². The summed E-state index contributed by atoms with van der Waals surface area (Å²) in [4.78, 5) is 26.6. The molecule has 2 atom stereocenters. The van der Waals surface area contributed by atoms with Crippen LogP contribution in [0.1, 0.15) is 49.7 Å². The smallest absolute Gasteiger partial charge is 0.267 e. The Morgan fingerprint density at radius 2 is 1.90 bits per heavy atom. The lowest BCUT2D eigenvalue weighted by molar-refractivity contribution is -0.126. The number of benzene rings is 1. The summed E-state index contributed by atoms with van der Waals surface area (Å²) in [6.45, 7) is 7.46. The number of pyridine rings is 1. The van der Waals surface area contributed by atoms with E-state index in [1.54, 1.807) is 6.07 Å². The first-order chi connectivity index (χ1) is 13.8. The van der Waals surface area contributed by atoms with Crippen LogP contribution in [0.4, 0.5) is 14.5 Å². The van der Waals surface area contributed by atoms with Crippen LogP contribution in [0, 0.1) is 18.6 Å². The maximum absolute atomic E-state index is 12.4. The number of nitrogens with two attached hydrogens (primary N) is 1. The highest BCUT2D eigenvalue weighted by Gasteiger charge is 2.28. The van der Waals surface area contributed by atoms with Crippen LogP contribution in [-0.2, 0) is 9.53 Å². The van der Waals surface area contributed by atoms with Crippen LogP contribution >= 0.6 is 0 Å². The molecule has 158 valence electrons. The molecule has 6 nitrogen and oxygen atoms in total. The van der Waals surface area contributed by atoms with Gasteiger partial charge in [0.25, 0.3) is 11.8 Å². The number of anilines is 1. The number of primary amides is 1. The number of halogens is 2. The molecule has 1 aliphatic rings. The third-order valence-corrected chi connectivity index (χ3v) is 3.95. The minimum Gasteiger partial charge on any atom is -0.365 e. The minimum atomic E-state index is -0.782. The lowest BCUT2D eigenvalue weighted by Gasteiger charge is -2.11. The number of aryl methyl sites for hydroxylation is 1. The fraction of sp³-hybridized carbons (Fsp3) is 0.381. The van der Waals surface area contributed by atoms with Gasteiger partial charge >= 0.3 is 0 Å². The Kier molecular flexibility index (Phi) is 9.88. The van der Waals surface area contributed by atoms with Crippen molar-refractivity contribution in [2.24, 2.45) is 5.73 Å². The van der Waals surface area contributed by atoms with Crippen molar-refractivity contribution in [1.82, 2.24) is 4.98 Å². The Morgan fingerprint density at radius 3 is 2.41 bits per heavy atom. The Bertz CT molecular complexity index is 810. The average molecular weight is 407 g/mol. The van der Waals surface area contributed by atoms with Crippen LogP contribution < -0.4 is 11.1 Å². The van der Waals surface area contributed by atoms with Crippen LogP contribution in [0.3, 0.4) is 0 Å². The van der Waals surface area contributed by atoms with E-state index in [0.717, 1.165) is 12.5 Å². The number of aromatic nitrogens is 1. The van der Waals surface area contributed by atoms with E-state index in [1.165, 1.54) is 31.3 Å². The second-order valence-electron chi connectivity index (χ2n) is 6.17. The number of amides is 2. The molecule has 0 radical (unpaired) electrons. The molecule has 8 heteroatoms. The van der Waals surface area contributed by atoms with Crippen LogP contribution in [0.15, 0.2) is 36.5 Å². The maximum Gasteiger partial charge on any atom is 0.267 e. The summed E-state index contributed by atoms with van der Waals surface area (Å²) < 4.78 is 30.0. The fourth-order valence-electron chi connectivity index (χ4n) is 2.47. The van der Waals surface area contributed by atoms with Crippen molar-refractivity contribution in [3.63, 3.8) is 0 Å². The highest BCUT2D eigenvalue weighted by atomic mass is 19.2. The van der Waals surface area contributed by atoms with Crippen LogP contribution in [0.5, 0.6) is 0 Å². The SMILES string of the molecule is CC.CC1CCC(C(=O)Nc2ccnc(C(N)=O)c2)O1.Cc1cccc(F)c1F. The standard InChI is InChI=1S/C12H15N3O3.C7H6F2.C2H6/c1-7-2-3-10(18-7)12(17)15-8-4-5-14-9(6-8)11(13)16;1-5-3-2-4-6(8)7(5)9;1-2/h4-7,10H,2-3H2,1H3,(H2,13,16)(H,14,15,17);2-4H,1H3;1-2H3. The van der Waals surface area contributed by atoms with Crippen molar-refractivity contribution < 1.29 is 23.1 Å². The van der Waals surface area contributed by atoms with E-state index in [0.29, 0.717) is 17.7 Å². The van der Waals surface area contributed by atoms with Crippen molar-refractivity contribution in [3.05, 3.63) is 59.4 Å². The van der Waals surface area contributed by atoms with Gasteiger partial charge in [0.15, 0.2) is 11.6 Å². The molecule has 3 N–H and O–H groups in total. The zero-order valence-corrected chi connectivity index (χ0v) is 17.0. The van der Waals surface area contributed by atoms with Gasteiger partial charge < -0.3 is 15.8 Å². The van der Waals surface area contributed by atoms with Gasteiger partial charge in [0.1, 0.15) is 11.8 Å². The van der Waals surface area contributed by atoms with Crippen LogP contribution in [-0.4, -0.2) is 29.0 Å². The number of nitrogens with one attached hydrogen (secondary N) is 1. The fourth-order valence-corrected chi connectivity index (χ4v) is 2.47. The van der Waals surface area contributed by atoms with Crippen molar-refractivity contribution in [3.8, 4) is 0 Å². The van der Waals surface area contributed by atoms with Gasteiger partial charge in [0.05, 0.1) is 6.10 Å². The number of rotatable bonds is 3. The van der Waals surface area contributed by atoms with E-state index < -0.39 is 23.6 Å². The van der Waals surface area contributed by atoms with Gasteiger partial charge in [0, 0.05) is 11.9 Å². The normalized spacial score (nSPS) is 17.3. The monoisotopic (exact) mass is 407 g/mol. The quantitative estimate of drug-likeness (QED) is 0.804. The molecule has 1 aromatic heterocycles. The molecular formula is C21H27F2N3O3. The third kappa shape index (κ3) is 7.57. The number of ether oxygens (including phenoxy) is 1. The van der Waals surface area contributed by atoms with Crippen molar-refractivity contribution in [1.29, 1.82) is 0 Å². The molecule has 1 aromatic carbocycles. The minimum absolute atomic E-state index is 0.111. The summed E-state index contributed by atoms with van der Waals surface area (Å²) >= 11 is 0. The molecule has 3 rings (SSSR count). The summed E-state index contributed by atoms with van der Waals surface area (Å²) in [6, 6.07) is 7.15. The second-order valence-corrected chi connectivity index (χ2v) is 6.17. The van der Waals surface area contributed by atoms with Gasteiger partial charge in [0.2, 0.25) is 0 Å². The van der Waals surface area contributed by atoms with Crippen LogP contribution in [0.2, 0.25) is 0 Å². The molecule has 2 unspecified atom stereocenters. The Morgan fingerprint density at radius 1 is 1.21 bits per heavy atom. The van der Waals surface area contributed by atoms with Gasteiger partial charge in [-0.2, -0.15) is 0 Å². The molecule has 0 spiro atoms. The first kappa shape index (κ1) is 24.2. The lowest BCUT2D eigenvalue weighted by Crippen LogP contribution is -2.28. The molecule has 1 saturated heterocycles. The first-order valence-electron chi connectivity index (χ1n) is 9.40. The molecule has 29 heavy (non-hydrogen) atoms. The number of carbonyl (C=O) groups is 2. The zero-order chi connectivity index (χ0) is 22.0. The van der Waals surface area contributed by atoms with E-state index in [2.05, 4.69) is 10.3 Å². The summed E-state index contributed by atoms with van der Waals surface area (Å²) in [5.74, 6) is -2.37. The average Bonchev–Trinajstić information content (AvgIpc) is 3.15. The van der Waals surface area contributed by atoms with E-state index in [9.17, 15) is 18.4 Å². The molecule has 0 aliphatic carbocycles. The van der Waals surface area contributed by atoms with E-state index in [-0.39, 0.29) is 17.7 Å². The maximum atomic E-state index is 12.4. The predicted octanol–water partition coefficient (Wildman–Crippen LogP) is 3.99. The highest BCUT2D eigenvalue weighted by molar-refractivity contribution is 5.96. The van der Waals surface area contributed by atoms with E-state index in [4.69, 9.17) is 10.5 Å². The zero-order valence-electron chi connectivity index (χ0n) is 17.0. The molecule has 2 heterocycles. The van der Waals surface area contributed by atoms with Crippen molar-refractivity contribution in [2.75, 3.05) is 5.32 Å². The largest absolute Gasteiger partial charge is 0.365 e. The molecule has 0 bridgehead atoms. The van der Waals surface area contributed by atoms with Crippen LogP contribution in [0.25, 0.3) is 0 Å². The second kappa shape index (κ2) is 11.9. The van der Waals surface area contributed by atoms with Gasteiger partial charge in [-0.15, -0.1) is 0 Å².